The van der Waals surface area contributed by atoms with Crippen molar-refractivity contribution in [1.82, 2.24) is 0 Å². The highest BCUT2D eigenvalue weighted by Crippen LogP contribution is 2.37. The molecule has 2 aromatic rings. The summed E-state index contributed by atoms with van der Waals surface area (Å²) in [5.41, 5.74) is 8.96. The van der Waals surface area contributed by atoms with Crippen molar-refractivity contribution >= 4 is 15.9 Å². The lowest BCUT2D eigenvalue weighted by Crippen LogP contribution is -2.14. The van der Waals surface area contributed by atoms with E-state index < -0.39 is 17.7 Å². The van der Waals surface area contributed by atoms with Gasteiger partial charge in [0.15, 0.2) is 11.6 Å². The van der Waals surface area contributed by atoms with E-state index in [0.29, 0.717) is 11.5 Å². The summed E-state index contributed by atoms with van der Waals surface area (Å²) in [7, 11) is 0. The van der Waals surface area contributed by atoms with Gasteiger partial charge in [-0.3, -0.25) is 0 Å². The number of nitrogens with two attached hydrogens (primary N) is 1. The number of benzene rings is 2. The minimum Gasteiger partial charge on any atom is -0.320 e. The maximum Gasteiger partial charge on any atom is 0.173 e. The molecule has 0 saturated heterocycles. The largest absolute Gasteiger partial charge is 0.320 e. The zero-order chi connectivity index (χ0) is 15.0. The fraction of sp³-hybridized carbons (Fsp3) is 0.294. The van der Waals surface area contributed by atoms with Crippen LogP contribution in [0.25, 0.3) is 0 Å². The van der Waals surface area contributed by atoms with E-state index in [1.165, 1.54) is 30.9 Å². The van der Waals surface area contributed by atoms with Crippen molar-refractivity contribution in [3.63, 3.8) is 0 Å². The molecule has 0 spiro atoms. The molecular formula is C17H16BrF2N. The lowest BCUT2D eigenvalue weighted by Gasteiger charge is -2.26. The molecule has 1 unspecified atom stereocenters. The van der Waals surface area contributed by atoms with Gasteiger partial charge in [0.05, 0.1) is 10.5 Å². The Morgan fingerprint density at radius 2 is 1.71 bits per heavy atom. The van der Waals surface area contributed by atoms with Gasteiger partial charge in [-0.1, -0.05) is 36.8 Å². The Hall–Kier alpha value is -1.26. The molecule has 0 aromatic heterocycles. The zero-order valence-corrected chi connectivity index (χ0v) is 13.0. The van der Waals surface area contributed by atoms with E-state index >= 15 is 0 Å². The number of hydrogen-bond donors (Lipinski definition) is 1. The summed E-state index contributed by atoms with van der Waals surface area (Å²) in [4.78, 5) is 0. The van der Waals surface area contributed by atoms with Gasteiger partial charge in [-0.05, 0) is 57.4 Å². The third-order valence-corrected chi connectivity index (χ3v) is 5.08. The average molecular weight is 352 g/mol. The van der Waals surface area contributed by atoms with Crippen LogP contribution in [0, 0.1) is 11.6 Å². The van der Waals surface area contributed by atoms with Gasteiger partial charge in [-0.2, -0.15) is 0 Å². The topological polar surface area (TPSA) is 26.0 Å². The van der Waals surface area contributed by atoms with E-state index in [4.69, 9.17) is 5.73 Å². The molecule has 110 valence electrons. The minimum atomic E-state index is -0.894. The standard InChI is InChI=1S/C17H16BrF2N/c18-15-13(8-9-14(19)16(15)20)17(21)12-6-4-11(5-7-12)10-2-1-3-10/h4-10,17H,1-3,21H2. The zero-order valence-electron chi connectivity index (χ0n) is 11.5. The van der Waals surface area contributed by atoms with Gasteiger partial charge in [-0.25, -0.2) is 8.78 Å². The maximum atomic E-state index is 13.6. The van der Waals surface area contributed by atoms with Crippen LogP contribution in [0.4, 0.5) is 8.78 Å². The monoisotopic (exact) mass is 351 g/mol. The van der Waals surface area contributed by atoms with Crippen LogP contribution in [0.5, 0.6) is 0 Å². The van der Waals surface area contributed by atoms with Crippen LogP contribution in [-0.2, 0) is 0 Å². The van der Waals surface area contributed by atoms with Crippen molar-refractivity contribution in [3.05, 3.63) is 69.2 Å². The molecule has 2 N–H and O–H groups in total. The maximum absolute atomic E-state index is 13.6. The van der Waals surface area contributed by atoms with E-state index in [2.05, 4.69) is 28.1 Å². The summed E-state index contributed by atoms with van der Waals surface area (Å²) in [6.07, 6.45) is 3.80. The van der Waals surface area contributed by atoms with Gasteiger partial charge >= 0.3 is 0 Å². The molecule has 1 fully saturated rings. The number of hydrogen-bond acceptors (Lipinski definition) is 1. The van der Waals surface area contributed by atoms with Crippen molar-refractivity contribution in [3.8, 4) is 0 Å². The van der Waals surface area contributed by atoms with Gasteiger partial charge in [-0.15, -0.1) is 0 Å². The van der Waals surface area contributed by atoms with E-state index in [1.807, 2.05) is 12.1 Å². The number of halogens is 3. The van der Waals surface area contributed by atoms with Crippen LogP contribution in [0.3, 0.4) is 0 Å². The molecule has 0 bridgehead atoms. The first-order valence-electron chi connectivity index (χ1n) is 7.06. The van der Waals surface area contributed by atoms with Gasteiger partial charge < -0.3 is 5.73 Å². The second kappa shape index (κ2) is 5.85. The summed E-state index contributed by atoms with van der Waals surface area (Å²) in [5, 5.41) is 0. The van der Waals surface area contributed by atoms with Crippen LogP contribution in [0.2, 0.25) is 0 Å². The van der Waals surface area contributed by atoms with Crippen molar-refractivity contribution in [2.75, 3.05) is 0 Å². The van der Waals surface area contributed by atoms with Crippen molar-refractivity contribution in [2.45, 2.75) is 31.2 Å². The van der Waals surface area contributed by atoms with Crippen molar-refractivity contribution in [1.29, 1.82) is 0 Å². The molecule has 1 aliphatic rings. The molecular weight excluding hydrogens is 336 g/mol. The Bertz CT molecular complexity index is 651. The molecule has 1 atom stereocenters. The van der Waals surface area contributed by atoms with E-state index in [9.17, 15) is 8.78 Å². The van der Waals surface area contributed by atoms with Crippen molar-refractivity contribution in [2.24, 2.45) is 5.73 Å². The molecule has 0 heterocycles. The van der Waals surface area contributed by atoms with Gasteiger partial charge in [0.1, 0.15) is 0 Å². The molecule has 3 rings (SSSR count). The third kappa shape index (κ3) is 2.74. The first-order valence-corrected chi connectivity index (χ1v) is 7.86. The first-order chi connectivity index (χ1) is 10.1. The molecule has 0 radical (unpaired) electrons. The van der Waals surface area contributed by atoms with Gasteiger partial charge in [0.25, 0.3) is 0 Å². The van der Waals surface area contributed by atoms with Gasteiger partial charge in [0.2, 0.25) is 0 Å². The molecule has 0 aliphatic heterocycles. The normalized spacial score (nSPS) is 16.6. The van der Waals surface area contributed by atoms with Crippen LogP contribution in [0.15, 0.2) is 40.9 Å². The van der Waals surface area contributed by atoms with Gasteiger partial charge in [0, 0.05) is 0 Å². The van der Waals surface area contributed by atoms with Crippen LogP contribution >= 0.6 is 15.9 Å². The van der Waals surface area contributed by atoms with Crippen molar-refractivity contribution < 1.29 is 8.78 Å². The highest BCUT2D eigenvalue weighted by Gasteiger charge is 2.21. The Labute approximate surface area is 131 Å². The summed E-state index contributed by atoms with van der Waals surface area (Å²) in [5.74, 6) is -1.10. The predicted octanol–water partition coefficient (Wildman–Crippen LogP) is 5.04. The molecule has 1 aliphatic carbocycles. The molecule has 4 heteroatoms. The second-order valence-electron chi connectivity index (χ2n) is 5.54. The lowest BCUT2D eigenvalue weighted by atomic mass is 9.79. The van der Waals surface area contributed by atoms with E-state index in [1.54, 1.807) is 0 Å². The first kappa shape index (κ1) is 14.7. The quantitative estimate of drug-likeness (QED) is 0.770. The molecule has 0 amide bonds. The minimum absolute atomic E-state index is 0.0954. The predicted molar refractivity (Wildman–Crippen MR) is 83.1 cm³/mol. The van der Waals surface area contributed by atoms with Crippen LogP contribution < -0.4 is 5.73 Å². The summed E-state index contributed by atoms with van der Waals surface area (Å²) in [6, 6.07) is 10.3. The lowest BCUT2D eigenvalue weighted by molar-refractivity contribution is 0.419. The van der Waals surface area contributed by atoms with E-state index in [0.717, 1.165) is 11.6 Å². The third-order valence-electron chi connectivity index (χ3n) is 4.27. The van der Waals surface area contributed by atoms with Crippen LogP contribution in [0.1, 0.15) is 47.9 Å². The summed E-state index contributed by atoms with van der Waals surface area (Å²) in [6.45, 7) is 0. The number of rotatable bonds is 3. The molecule has 1 saturated carbocycles. The average Bonchev–Trinajstić information content (AvgIpc) is 2.43. The highest BCUT2D eigenvalue weighted by molar-refractivity contribution is 9.10. The molecule has 1 nitrogen and oxygen atoms in total. The van der Waals surface area contributed by atoms with E-state index in [-0.39, 0.29) is 4.47 Å². The van der Waals surface area contributed by atoms with Crippen LogP contribution in [-0.4, -0.2) is 0 Å². The Balaban J connectivity index is 1.87. The Kier molecular flexibility index (Phi) is 4.09. The molecule has 21 heavy (non-hydrogen) atoms. The Morgan fingerprint density at radius 3 is 2.29 bits per heavy atom. The SMILES string of the molecule is NC(c1ccc(C2CCC2)cc1)c1ccc(F)c(F)c1Br. The second-order valence-corrected chi connectivity index (χ2v) is 6.33. The summed E-state index contributed by atoms with van der Waals surface area (Å²) < 4.78 is 26.9. The smallest absolute Gasteiger partial charge is 0.173 e. The fourth-order valence-corrected chi connectivity index (χ4v) is 3.25. The Morgan fingerprint density at radius 1 is 1.05 bits per heavy atom. The summed E-state index contributed by atoms with van der Waals surface area (Å²) >= 11 is 3.09. The highest BCUT2D eigenvalue weighted by atomic mass is 79.9. The molecule has 2 aromatic carbocycles. The fourth-order valence-electron chi connectivity index (χ4n) is 2.68.